The highest BCUT2D eigenvalue weighted by Gasteiger charge is 2.73. The van der Waals surface area contributed by atoms with Crippen molar-refractivity contribution in [3.63, 3.8) is 0 Å². The van der Waals surface area contributed by atoms with E-state index in [2.05, 4.69) is 4.74 Å². The Bertz CT molecular complexity index is 1380. The molecule has 43 heavy (non-hydrogen) atoms. The van der Waals surface area contributed by atoms with E-state index in [-0.39, 0.29) is 19.0 Å². The first kappa shape index (κ1) is 32.2. The molecule has 1 aliphatic rings. The maximum atomic E-state index is 14.3. The lowest BCUT2D eigenvalue weighted by Gasteiger charge is -2.37. The van der Waals surface area contributed by atoms with Gasteiger partial charge in [0.05, 0.1) is 6.61 Å². The van der Waals surface area contributed by atoms with E-state index in [1.165, 1.54) is 4.90 Å². The summed E-state index contributed by atoms with van der Waals surface area (Å²) in [5, 5.41) is 0. The monoisotopic (exact) mass is 615 g/mol. The summed E-state index contributed by atoms with van der Waals surface area (Å²) in [6, 6.07) is 14.8. The normalized spacial score (nSPS) is 18.2. The minimum atomic E-state index is -6.05. The maximum Gasteiger partial charge on any atom is 0.430 e. The van der Waals surface area contributed by atoms with E-state index < -0.39 is 64.9 Å². The number of ether oxygens (including phenoxy) is 2. The van der Waals surface area contributed by atoms with Crippen LogP contribution in [-0.4, -0.2) is 42.0 Å². The number of hydrogen-bond acceptors (Lipinski definition) is 3. The third-order valence-electron chi connectivity index (χ3n) is 7.24. The van der Waals surface area contributed by atoms with Crippen LogP contribution in [0.3, 0.4) is 0 Å². The van der Waals surface area contributed by atoms with Crippen molar-refractivity contribution in [1.29, 1.82) is 0 Å². The van der Waals surface area contributed by atoms with E-state index in [1.807, 2.05) is 12.1 Å². The lowest BCUT2D eigenvalue weighted by atomic mass is 9.82. The first-order valence-corrected chi connectivity index (χ1v) is 13.3. The second kappa shape index (κ2) is 11.8. The molecular formula is C31H29F8NO3. The van der Waals surface area contributed by atoms with Crippen LogP contribution in [0.25, 0.3) is 0 Å². The minimum absolute atomic E-state index is 0.0978. The molecule has 3 aromatic rings. The molecule has 4 rings (SSSR count). The summed E-state index contributed by atoms with van der Waals surface area (Å²) < 4.78 is 124. The summed E-state index contributed by atoms with van der Waals surface area (Å²) in [5.41, 5.74) is -6.87. The highest BCUT2D eigenvalue weighted by atomic mass is 19.4. The van der Waals surface area contributed by atoms with E-state index in [1.54, 1.807) is 39.0 Å². The number of halogens is 8. The average Bonchev–Trinajstić information content (AvgIpc) is 3.35. The van der Waals surface area contributed by atoms with Crippen molar-refractivity contribution in [1.82, 2.24) is 4.90 Å². The maximum absolute atomic E-state index is 14.3. The van der Waals surface area contributed by atoms with Crippen LogP contribution in [0.2, 0.25) is 0 Å². The average molecular weight is 616 g/mol. The molecular weight excluding hydrogens is 586 g/mol. The fourth-order valence-corrected chi connectivity index (χ4v) is 5.21. The zero-order valence-corrected chi connectivity index (χ0v) is 23.4. The van der Waals surface area contributed by atoms with E-state index >= 15 is 0 Å². The molecule has 0 spiro atoms. The van der Waals surface area contributed by atoms with Gasteiger partial charge in [-0.2, -0.15) is 26.3 Å². The molecule has 0 N–H and O–H groups in total. The van der Waals surface area contributed by atoms with Crippen molar-refractivity contribution in [2.24, 2.45) is 0 Å². The van der Waals surface area contributed by atoms with E-state index in [0.29, 0.717) is 29.8 Å². The molecule has 0 radical (unpaired) electrons. The zero-order valence-electron chi connectivity index (χ0n) is 23.4. The topological polar surface area (TPSA) is 38.8 Å². The fourth-order valence-electron chi connectivity index (χ4n) is 5.21. The first-order valence-electron chi connectivity index (χ1n) is 13.3. The van der Waals surface area contributed by atoms with Gasteiger partial charge in [-0.3, -0.25) is 0 Å². The van der Waals surface area contributed by atoms with Gasteiger partial charge in [0.2, 0.25) is 0 Å². The highest BCUT2D eigenvalue weighted by molar-refractivity contribution is 5.69. The first-order chi connectivity index (χ1) is 19.9. The van der Waals surface area contributed by atoms with Crippen molar-refractivity contribution in [2.75, 3.05) is 13.1 Å². The largest absolute Gasteiger partial charge is 0.444 e. The lowest BCUT2D eigenvalue weighted by molar-refractivity contribution is -0.392. The van der Waals surface area contributed by atoms with Crippen molar-refractivity contribution >= 4 is 6.09 Å². The summed E-state index contributed by atoms with van der Waals surface area (Å²) in [7, 11) is 0. The number of nitrogens with zero attached hydrogens (tertiary/aromatic N) is 1. The summed E-state index contributed by atoms with van der Waals surface area (Å²) in [4.78, 5) is 14.3. The Morgan fingerprint density at radius 2 is 1.23 bits per heavy atom. The van der Waals surface area contributed by atoms with E-state index in [0.717, 1.165) is 23.8 Å². The molecule has 0 bridgehead atoms. The van der Waals surface area contributed by atoms with Gasteiger partial charge in [0, 0.05) is 36.1 Å². The predicted molar refractivity (Wildman–Crippen MR) is 141 cm³/mol. The van der Waals surface area contributed by atoms with Crippen molar-refractivity contribution in [2.45, 2.75) is 62.8 Å². The van der Waals surface area contributed by atoms with Gasteiger partial charge >= 0.3 is 18.4 Å². The van der Waals surface area contributed by atoms with Gasteiger partial charge in [-0.15, -0.1) is 0 Å². The Kier molecular flexibility index (Phi) is 8.84. The van der Waals surface area contributed by atoms with Gasteiger partial charge in [0.15, 0.2) is 0 Å². The van der Waals surface area contributed by atoms with Crippen LogP contribution >= 0.6 is 0 Å². The van der Waals surface area contributed by atoms with Crippen LogP contribution in [0.4, 0.5) is 39.9 Å². The number of carbonyl (C=O) groups is 1. The smallest absolute Gasteiger partial charge is 0.430 e. The number of alkyl halides is 6. The van der Waals surface area contributed by atoms with Gasteiger partial charge in [-0.05, 0) is 44.0 Å². The predicted octanol–water partition coefficient (Wildman–Crippen LogP) is 8.62. The van der Waals surface area contributed by atoms with E-state index in [4.69, 9.17) is 4.74 Å². The molecule has 12 heteroatoms. The number of rotatable bonds is 6. The molecule has 1 fully saturated rings. The summed E-state index contributed by atoms with van der Waals surface area (Å²) in [6.45, 7) is 3.76. The highest BCUT2D eigenvalue weighted by Crippen LogP contribution is 2.54. The molecule has 1 saturated heterocycles. The summed E-state index contributed by atoms with van der Waals surface area (Å²) in [6.07, 6.45) is -12.7. The molecule has 1 heterocycles. The second-order valence-electron chi connectivity index (χ2n) is 11.3. The van der Waals surface area contributed by atoms with Crippen LogP contribution in [0.1, 0.15) is 54.9 Å². The Morgan fingerprint density at radius 1 is 0.744 bits per heavy atom. The molecule has 0 saturated carbocycles. The molecule has 1 aliphatic heterocycles. The number of carbonyl (C=O) groups excluding carboxylic acids is 1. The Morgan fingerprint density at radius 3 is 1.70 bits per heavy atom. The Balaban J connectivity index is 1.72. The minimum Gasteiger partial charge on any atom is -0.444 e. The summed E-state index contributed by atoms with van der Waals surface area (Å²) >= 11 is 0. The van der Waals surface area contributed by atoms with Crippen molar-refractivity contribution in [3.05, 3.63) is 107 Å². The number of likely N-dealkylation sites (tertiary alicyclic amines) is 1. The van der Waals surface area contributed by atoms with Crippen LogP contribution in [0.5, 0.6) is 0 Å². The molecule has 2 atom stereocenters. The molecule has 0 aromatic heterocycles. The lowest BCUT2D eigenvalue weighted by Crippen LogP contribution is -2.55. The molecule has 4 nitrogen and oxygen atoms in total. The number of amides is 1. The molecule has 232 valence electrons. The van der Waals surface area contributed by atoms with Crippen molar-refractivity contribution < 1.29 is 49.4 Å². The van der Waals surface area contributed by atoms with Crippen LogP contribution in [-0.2, 0) is 21.7 Å². The quantitative estimate of drug-likeness (QED) is 0.261. The standard InChI is InChI=1S/C31H29F8NO3/c1-28(2,3)43-27(41)40-16-22(19-8-5-4-6-9-19)23(17-40)20-12-14-21(15-13-20)29(30(34,35)36,31(37,38)39)42-18-24-25(32)10-7-11-26(24)33/h4-15,22-23H,16-18H2,1-3H3. The second-order valence-corrected chi connectivity index (χ2v) is 11.3. The fraction of sp³-hybridized carbons (Fsp3) is 0.387. The van der Waals surface area contributed by atoms with Crippen LogP contribution < -0.4 is 0 Å². The van der Waals surface area contributed by atoms with Crippen molar-refractivity contribution in [3.8, 4) is 0 Å². The van der Waals surface area contributed by atoms with Crippen LogP contribution in [0.15, 0.2) is 72.8 Å². The molecule has 1 amide bonds. The SMILES string of the molecule is CC(C)(C)OC(=O)N1CC(c2ccccc2)C(c2ccc(C(OCc3c(F)cccc3F)(C(F)(F)F)C(F)(F)F)cc2)C1. The van der Waals surface area contributed by atoms with Gasteiger partial charge in [0.1, 0.15) is 17.2 Å². The van der Waals surface area contributed by atoms with Gasteiger partial charge in [0.25, 0.3) is 5.60 Å². The van der Waals surface area contributed by atoms with E-state index in [9.17, 15) is 39.9 Å². The summed E-state index contributed by atoms with van der Waals surface area (Å²) in [5.74, 6) is -3.54. The Labute approximate surface area is 243 Å². The van der Waals surface area contributed by atoms with Gasteiger partial charge < -0.3 is 14.4 Å². The number of hydrogen-bond donors (Lipinski definition) is 0. The third kappa shape index (κ3) is 6.63. The third-order valence-corrected chi connectivity index (χ3v) is 7.24. The Hall–Kier alpha value is -3.67. The molecule has 3 aromatic carbocycles. The molecule has 0 aliphatic carbocycles. The number of benzene rings is 3. The van der Waals surface area contributed by atoms with Gasteiger partial charge in [-0.1, -0.05) is 60.7 Å². The zero-order chi connectivity index (χ0) is 31.8. The van der Waals surface area contributed by atoms with Crippen LogP contribution in [0, 0.1) is 11.6 Å². The van der Waals surface area contributed by atoms with Gasteiger partial charge in [-0.25, -0.2) is 13.6 Å². The molecule has 2 unspecified atom stereocenters.